The van der Waals surface area contributed by atoms with Crippen molar-refractivity contribution in [3.8, 4) is 0 Å². The van der Waals surface area contributed by atoms with E-state index in [-0.39, 0.29) is 11.7 Å². The molecule has 0 radical (unpaired) electrons. The molecule has 0 aliphatic carbocycles. The van der Waals surface area contributed by atoms with Crippen molar-refractivity contribution < 1.29 is 9.18 Å². The minimum atomic E-state index is -0.227. The largest absolute Gasteiger partial charge is 0.351 e. The summed E-state index contributed by atoms with van der Waals surface area (Å²) in [6.07, 6.45) is 0. The first-order valence-electron chi connectivity index (χ1n) is 6.11. The number of aryl methyl sites for hydroxylation is 2. The van der Waals surface area contributed by atoms with Crippen molar-refractivity contribution in [3.05, 3.63) is 46.2 Å². The molecule has 0 atom stereocenters. The van der Waals surface area contributed by atoms with Gasteiger partial charge < -0.3 is 5.32 Å². The highest BCUT2D eigenvalue weighted by molar-refractivity contribution is 8.01. The number of aromatic nitrogens is 1. The van der Waals surface area contributed by atoms with E-state index in [1.165, 1.54) is 29.2 Å². The fourth-order valence-corrected chi connectivity index (χ4v) is 3.27. The smallest absolute Gasteiger partial charge is 0.230 e. The number of hydrogen-bond acceptors (Lipinski definition) is 4. The van der Waals surface area contributed by atoms with Gasteiger partial charge in [0.15, 0.2) is 4.34 Å². The average molecular weight is 310 g/mol. The number of benzene rings is 1. The lowest BCUT2D eigenvalue weighted by atomic mass is 10.1. The molecule has 20 heavy (non-hydrogen) atoms. The van der Waals surface area contributed by atoms with Crippen molar-refractivity contribution in [2.75, 3.05) is 5.75 Å². The Hall–Kier alpha value is -1.40. The first-order chi connectivity index (χ1) is 9.54. The molecule has 0 aliphatic heterocycles. The van der Waals surface area contributed by atoms with Gasteiger partial charge in [0.25, 0.3) is 0 Å². The third kappa shape index (κ3) is 4.31. The van der Waals surface area contributed by atoms with Gasteiger partial charge in [0, 0.05) is 17.6 Å². The number of amides is 1. The van der Waals surface area contributed by atoms with Crippen LogP contribution in [0.25, 0.3) is 0 Å². The summed E-state index contributed by atoms with van der Waals surface area (Å²) in [4.78, 5) is 16.0. The van der Waals surface area contributed by atoms with Crippen LogP contribution in [0.15, 0.2) is 27.9 Å². The zero-order valence-electron chi connectivity index (χ0n) is 11.3. The molecule has 0 aliphatic rings. The van der Waals surface area contributed by atoms with Crippen LogP contribution in [0, 0.1) is 19.7 Å². The molecule has 1 N–H and O–H groups in total. The highest BCUT2D eigenvalue weighted by Gasteiger charge is 2.06. The second kappa shape index (κ2) is 6.85. The predicted octanol–water partition coefficient (Wildman–Crippen LogP) is 3.31. The Balaban J connectivity index is 1.78. The molecule has 0 unspecified atom stereocenters. The molecular formula is C14H15FN2OS2. The third-order valence-electron chi connectivity index (χ3n) is 2.64. The molecule has 3 nitrogen and oxygen atoms in total. The zero-order valence-corrected chi connectivity index (χ0v) is 12.9. The molecule has 106 valence electrons. The first kappa shape index (κ1) is 15.0. The van der Waals surface area contributed by atoms with Gasteiger partial charge in [0.1, 0.15) is 5.82 Å². The van der Waals surface area contributed by atoms with Gasteiger partial charge in [0.2, 0.25) is 5.91 Å². The maximum atomic E-state index is 13.1. The summed E-state index contributed by atoms with van der Waals surface area (Å²) in [5.74, 6) is 0.0623. The van der Waals surface area contributed by atoms with Crippen LogP contribution in [0.3, 0.4) is 0 Å². The van der Waals surface area contributed by atoms with E-state index in [0.717, 1.165) is 15.6 Å². The maximum Gasteiger partial charge on any atom is 0.230 e. The molecular weight excluding hydrogens is 295 g/mol. The molecule has 0 spiro atoms. The van der Waals surface area contributed by atoms with E-state index in [9.17, 15) is 9.18 Å². The lowest BCUT2D eigenvalue weighted by molar-refractivity contribution is -0.118. The Morgan fingerprint density at radius 2 is 2.25 bits per heavy atom. The van der Waals surface area contributed by atoms with Crippen LogP contribution in [0.1, 0.15) is 16.8 Å². The molecule has 0 saturated heterocycles. The number of rotatable bonds is 5. The van der Waals surface area contributed by atoms with Gasteiger partial charge >= 0.3 is 0 Å². The van der Waals surface area contributed by atoms with Crippen LogP contribution in [0.4, 0.5) is 4.39 Å². The Morgan fingerprint density at radius 3 is 2.90 bits per heavy atom. The summed E-state index contributed by atoms with van der Waals surface area (Å²) >= 11 is 2.97. The fourth-order valence-electron chi connectivity index (χ4n) is 1.59. The van der Waals surface area contributed by atoms with Crippen LogP contribution in [-0.2, 0) is 11.3 Å². The number of carbonyl (C=O) groups excluding carboxylic acids is 1. The fraction of sp³-hybridized carbons (Fsp3) is 0.286. The molecule has 0 bridgehead atoms. The number of hydrogen-bond donors (Lipinski definition) is 1. The zero-order chi connectivity index (χ0) is 14.5. The van der Waals surface area contributed by atoms with Crippen molar-refractivity contribution in [1.82, 2.24) is 10.3 Å². The highest BCUT2D eigenvalue weighted by atomic mass is 32.2. The minimum absolute atomic E-state index is 0.0511. The second-order valence-electron chi connectivity index (χ2n) is 4.40. The Bertz CT molecular complexity index is 613. The van der Waals surface area contributed by atoms with Gasteiger partial charge in [-0.25, -0.2) is 9.37 Å². The van der Waals surface area contributed by atoms with Crippen LogP contribution in [0.5, 0.6) is 0 Å². The van der Waals surface area contributed by atoms with Crippen molar-refractivity contribution >= 4 is 29.0 Å². The number of nitrogens with one attached hydrogen (secondary N) is 1. The quantitative estimate of drug-likeness (QED) is 0.862. The molecule has 0 saturated carbocycles. The van der Waals surface area contributed by atoms with Crippen molar-refractivity contribution in [2.24, 2.45) is 0 Å². The molecule has 1 aromatic carbocycles. The van der Waals surface area contributed by atoms with E-state index in [2.05, 4.69) is 10.3 Å². The number of thioether (sulfide) groups is 1. The predicted molar refractivity (Wildman–Crippen MR) is 80.6 cm³/mol. The molecule has 1 amide bonds. The summed E-state index contributed by atoms with van der Waals surface area (Å²) in [7, 11) is 0. The summed E-state index contributed by atoms with van der Waals surface area (Å²) in [6, 6.07) is 4.84. The van der Waals surface area contributed by atoms with E-state index in [1.807, 2.05) is 12.3 Å². The van der Waals surface area contributed by atoms with Crippen LogP contribution in [0.2, 0.25) is 0 Å². The van der Waals surface area contributed by atoms with E-state index < -0.39 is 0 Å². The Labute approximate surface area is 125 Å². The van der Waals surface area contributed by atoms with Crippen LogP contribution < -0.4 is 5.32 Å². The van der Waals surface area contributed by atoms with Gasteiger partial charge in [-0.15, -0.1) is 11.3 Å². The molecule has 1 aromatic heterocycles. The molecule has 6 heteroatoms. The third-order valence-corrected chi connectivity index (χ3v) is 4.78. The topological polar surface area (TPSA) is 42.0 Å². The van der Waals surface area contributed by atoms with Crippen molar-refractivity contribution in [3.63, 3.8) is 0 Å². The summed E-state index contributed by atoms with van der Waals surface area (Å²) < 4.78 is 14.0. The van der Waals surface area contributed by atoms with Crippen LogP contribution >= 0.6 is 23.1 Å². The monoisotopic (exact) mass is 310 g/mol. The van der Waals surface area contributed by atoms with Crippen molar-refractivity contribution in [2.45, 2.75) is 24.7 Å². The van der Waals surface area contributed by atoms with Gasteiger partial charge in [-0.2, -0.15) is 0 Å². The van der Waals surface area contributed by atoms with Crippen LogP contribution in [-0.4, -0.2) is 16.6 Å². The number of carbonyl (C=O) groups is 1. The van der Waals surface area contributed by atoms with E-state index in [1.54, 1.807) is 19.1 Å². The lowest BCUT2D eigenvalue weighted by Gasteiger charge is -2.06. The number of nitrogens with zero attached hydrogens (tertiary/aromatic N) is 1. The number of thiazole rings is 1. The maximum absolute atomic E-state index is 13.1. The Morgan fingerprint density at radius 1 is 1.45 bits per heavy atom. The molecule has 2 aromatic rings. The van der Waals surface area contributed by atoms with E-state index in [4.69, 9.17) is 0 Å². The molecule has 1 heterocycles. The second-order valence-corrected chi connectivity index (χ2v) is 6.48. The van der Waals surface area contributed by atoms with E-state index >= 15 is 0 Å². The standard InChI is InChI=1S/C14H15FN2OS2/c1-9-5-11(3-4-12(9)15)6-16-13(18)8-20-14-17-10(2)7-19-14/h3-5,7H,6,8H2,1-2H3,(H,16,18). The molecule has 2 rings (SSSR count). The van der Waals surface area contributed by atoms with Crippen molar-refractivity contribution in [1.29, 1.82) is 0 Å². The highest BCUT2D eigenvalue weighted by Crippen LogP contribution is 2.21. The van der Waals surface area contributed by atoms with Gasteiger partial charge in [-0.1, -0.05) is 23.9 Å². The number of halogens is 1. The first-order valence-corrected chi connectivity index (χ1v) is 7.98. The summed E-state index contributed by atoms with van der Waals surface area (Å²) in [6.45, 7) is 4.05. The minimum Gasteiger partial charge on any atom is -0.351 e. The lowest BCUT2D eigenvalue weighted by Crippen LogP contribution is -2.24. The Kier molecular flexibility index (Phi) is 5.14. The summed E-state index contributed by atoms with van der Waals surface area (Å²) in [5, 5.41) is 4.78. The van der Waals surface area contributed by atoms with Gasteiger partial charge in [-0.05, 0) is 31.0 Å². The molecule has 0 fully saturated rings. The normalized spacial score (nSPS) is 10.6. The summed E-state index contributed by atoms with van der Waals surface area (Å²) in [5.41, 5.74) is 2.46. The average Bonchev–Trinajstić information content (AvgIpc) is 2.83. The van der Waals surface area contributed by atoms with E-state index in [0.29, 0.717) is 17.9 Å². The van der Waals surface area contributed by atoms with Gasteiger partial charge in [-0.3, -0.25) is 4.79 Å². The van der Waals surface area contributed by atoms with Gasteiger partial charge in [0.05, 0.1) is 5.75 Å². The SMILES string of the molecule is Cc1csc(SCC(=O)NCc2ccc(F)c(C)c2)n1.